The zero-order valence-corrected chi connectivity index (χ0v) is 13.0. The van der Waals surface area contributed by atoms with Gasteiger partial charge in [0.2, 0.25) is 0 Å². The van der Waals surface area contributed by atoms with Crippen LogP contribution in [0.2, 0.25) is 0 Å². The van der Waals surface area contributed by atoms with Gasteiger partial charge in [-0.3, -0.25) is 13.9 Å². The molecule has 0 atom stereocenters. The maximum absolute atomic E-state index is 12.3. The molecule has 0 aromatic carbocycles. The summed E-state index contributed by atoms with van der Waals surface area (Å²) >= 11 is 0. The summed E-state index contributed by atoms with van der Waals surface area (Å²) < 4.78 is 7.79. The first-order chi connectivity index (χ1) is 9.85. The van der Waals surface area contributed by atoms with Gasteiger partial charge in [-0.1, -0.05) is 13.8 Å². The van der Waals surface area contributed by atoms with E-state index in [1.807, 2.05) is 13.8 Å². The van der Waals surface area contributed by atoms with E-state index in [1.165, 1.54) is 11.6 Å². The first-order valence-electron chi connectivity index (χ1n) is 7.23. The number of ether oxygens (including phenoxy) is 1. The molecular weight excluding hydrogens is 272 g/mol. The molecule has 0 unspecified atom stereocenters. The Morgan fingerprint density at radius 1 is 1.38 bits per heavy atom. The van der Waals surface area contributed by atoms with Crippen LogP contribution in [0.5, 0.6) is 0 Å². The molecule has 0 amide bonds. The Hall–Kier alpha value is -1.76. The number of nitrogens with zero attached hydrogens (tertiary/aromatic N) is 2. The average molecular weight is 296 g/mol. The summed E-state index contributed by atoms with van der Waals surface area (Å²) in [6.45, 7) is 4.48. The van der Waals surface area contributed by atoms with Gasteiger partial charge in [0, 0.05) is 26.7 Å². The van der Waals surface area contributed by atoms with Gasteiger partial charge in [0.25, 0.3) is 5.56 Å². The van der Waals surface area contributed by atoms with Gasteiger partial charge in [0.05, 0.1) is 6.10 Å². The number of nitrogens with one attached hydrogen (secondary N) is 1. The Kier molecular flexibility index (Phi) is 4.41. The van der Waals surface area contributed by atoms with Crippen LogP contribution in [0.1, 0.15) is 26.7 Å². The molecule has 1 aliphatic rings. The zero-order chi connectivity index (χ0) is 15.7. The molecule has 0 bridgehead atoms. The molecule has 1 aliphatic carbocycles. The van der Waals surface area contributed by atoms with E-state index in [-0.39, 0.29) is 35.1 Å². The van der Waals surface area contributed by atoms with Crippen LogP contribution < -0.4 is 22.3 Å². The van der Waals surface area contributed by atoms with Crippen molar-refractivity contribution < 1.29 is 4.74 Å². The van der Waals surface area contributed by atoms with Crippen molar-refractivity contribution in [2.45, 2.75) is 45.4 Å². The summed E-state index contributed by atoms with van der Waals surface area (Å²) in [6.07, 6.45) is 1.90. The molecule has 1 fully saturated rings. The second-order valence-corrected chi connectivity index (χ2v) is 6.08. The molecule has 3 N–H and O–H groups in total. The van der Waals surface area contributed by atoms with Crippen molar-refractivity contribution in [1.29, 1.82) is 0 Å². The first kappa shape index (κ1) is 15.6. The van der Waals surface area contributed by atoms with Gasteiger partial charge in [-0.25, -0.2) is 4.79 Å². The number of aromatic nitrogens is 2. The molecule has 1 heterocycles. The number of nitrogen functional groups attached to an aromatic ring is 1. The third kappa shape index (κ3) is 2.97. The summed E-state index contributed by atoms with van der Waals surface area (Å²) in [5, 5.41) is 3.16. The van der Waals surface area contributed by atoms with Gasteiger partial charge in [0.15, 0.2) is 0 Å². The quantitative estimate of drug-likeness (QED) is 0.819. The third-order valence-electron chi connectivity index (χ3n) is 3.91. The standard InChI is InChI=1S/C14H24N4O3/c1-8(2)7-18-12(15)11(13(19)17(3)14(18)20)16-9-5-10(6-9)21-4/h8-10,16H,5-7,15H2,1-4H3. The molecule has 2 rings (SSSR count). The number of anilines is 2. The van der Waals surface area contributed by atoms with E-state index in [0.717, 1.165) is 17.4 Å². The van der Waals surface area contributed by atoms with E-state index >= 15 is 0 Å². The summed E-state index contributed by atoms with van der Waals surface area (Å²) in [6, 6.07) is 0.162. The number of methoxy groups -OCH3 is 1. The lowest BCUT2D eigenvalue weighted by atomic mass is 9.89. The molecule has 1 saturated carbocycles. The maximum atomic E-state index is 12.3. The highest BCUT2D eigenvalue weighted by molar-refractivity contribution is 5.61. The molecule has 0 radical (unpaired) electrons. The molecule has 21 heavy (non-hydrogen) atoms. The predicted molar refractivity (Wildman–Crippen MR) is 82.6 cm³/mol. The van der Waals surface area contributed by atoms with Gasteiger partial charge in [0.1, 0.15) is 11.5 Å². The third-order valence-corrected chi connectivity index (χ3v) is 3.91. The second kappa shape index (κ2) is 5.93. The molecular formula is C14H24N4O3. The molecule has 0 aliphatic heterocycles. The number of hydrogen-bond acceptors (Lipinski definition) is 5. The highest BCUT2D eigenvalue weighted by atomic mass is 16.5. The van der Waals surface area contributed by atoms with Gasteiger partial charge in [-0.05, 0) is 18.8 Å². The van der Waals surface area contributed by atoms with Gasteiger partial charge in [-0.15, -0.1) is 0 Å². The summed E-state index contributed by atoms with van der Waals surface area (Å²) in [4.78, 5) is 24.4. The topological polar surface area (TPSA) is 91.3 Å². The Morgan fingerprint density at radius 2 is 2.00 bits per heavy atom. The summed E-state index contributed by atoms with van der Waals surface area (Å²) in [5.74, 6) is 0.481. The minimum Gasteiger partial charge on any atom is -0.383 e. The number of nitrogens with two attached hydrogens (primary N) is 1. The number of rotatable bonds is 5. The van der Waals surface area contributed by atoms with Crippen LogP contribution in [-0.4, -0.2) is 28.4 Å². The van der Waals surface area contributed by atoms with Crippen LogP contribution in [0, 0.1) is 5.92 Å². The first-order valence-corrected chi connectivity index (χ1v) is 7.23. The minimum atomic E-state index is -0.377. The molecule has 0 saturated heterocycles. The Morgan fingerprint density at radius 3 is 2.52 bits per heavy atom. The van der Waals surface area contributed by atoms with Gasteiger partial charge >= 0.3 is 5.69 Å². The van der Waals surface area contributed by atoms with Crippen molar-refractivity contribution in [3.63, 3.8) is 0 Å². The Balaban J connectivity index is 2.34. The Bertz CT molecular complexity index is 626. The monoisotopic (exact) mass is 296 g/mol. The molecule has 118 valence electrons. The van der Waals surface area contributed by atoms with Crippen LogP contribution in [0.4, 0.5) is 11.5 Å². The van der Waals surface area contributed by atoms with Crippen molar-refractivity contribution in [3.8, 4) is 0 Å². The van der Waals surface area contributed by atoms with E-state index in [9.17, 15) is 9.59 Å². The molecule has 0 spiro atoms. The van der Waals surface area contributed by atoms with Crippen molar-refractivity contribution >= 4 is 11.5 Å². The molecule has 7 heteroatoms. The lowest BCUT2D eigenvalue weighted by Gasteiger charge is -2.35. The maximum Gasteiger partial charge on any atom is 0.332 e. The SMILES string of the molecule is COC1CC(Nc2c(N)n(CC(C)C)c(=O)n(C)c2=O)C1. The number of hydrogen-bond donors (Lipinski definition) is 2. The smallest absolute Gasteiger partial charge is 0.332 e. The molecule has 1 aromatic heterocycles. The van der Waals surface area contributed by atoms with Crippen molar-refractivity contribution in [2.75, 3.05) is 18.2 Å². The predicted octanol–water partition coefficient (Wildman–Crippen LogP) is 0.375. The minimum absolute atomic E-state index is 0.162. The van der Waals surface area contributed by atoms with E-state index in [0.29, 0.717) is 12.2 Å². The van der Waals surface area contributed by atoms with Crippen molar-refractivity contribution in [1.82, 2.24) is 9.13 Å². The van der Waals surface area contributed by atoms with E-state index < -0.39 is 0 Å². The Labute approximate surface area is 123 Å². The van der Waals surface area contributed by atoms with E-state index in [2.05, 4.69) is 5.32 Å². The summed E-state index contributed by atoms with van der Waals surface area (Å²) in [5.41, 5.74) is 5.62. The second-order valence-electron chi connectivity index (χ2n) is 6.08. The van der Waals surface area contributed by atoms with Gasteiger partial charge < -0.3 is 15.8 Å². The van der Waals surface area contributed by atoms with Crippen molar-refractivity contribution in [2.24, 2.45) is 13.0 Å². The lowest BCUT2D eigenvalue weighted by molar-refractivity contribution is 0.0328. The van der Waals surface area contributed by atoms with Crippen LogP contribution >= 0.6 is 0 Å². The average Bonchev–Trinajstić information content (AvgIpc) is 2.39. The highest BCUT2D eigenvalue weighted by Crippen LogP contribution is 2.26. The van der Waals surface area contributed by atoms with Crippen molar-refractivity contribution in [3.05, 3.63) is 20.8 Å². The lowest BCUT2D eigenvalue weighted by Crippen LogP contribution is -2.45. The molecule has 7 nitrogen and oxygen atoms in total. The highest BCUT2D eigenvalue weighted by Gasteiger charge is 2.30. The summed E-state index contributed by atoms with van der Waals surface area (Å²) in [7, 11) is 3.15. The van der Waals surface area contributed by atoms with Crippen LogP contribution in [0.3, 0.4) is 0 Å². The largest absolute Gasteiger partial charge is 0.383 e. The van der Waals surface area contributed by atoms with Gasteiger partial charge in [-0.2, -0.15) is 0 Å². The zero-order valence-electron chi connectivity index (χ0n) is 13.0. The van der Waals surface area contributed by atoms with Crippen LogP contribution in [-0.2, 0) is 18.3 Å². The van der Waals surface area contributed by atoms with E-state index in [1.54, 1.807) is 7.11 Å². The fourth-order valence-corrected chi connectivity index (χ4v) is 2.54. The fourth-order valence-electron chi connectivity index (χ4n) is 2.54. The molecule has 1 aromatic rings. The van der Waals surface area contributed by atoms with E-state index in [4.69, 9.17) is 10.5 Å². The van der Waals surface area contributed by atoms with Crippen LogP contribution in [0.25, 0.3) is 0 Å². The normalized spacial score (nSPS) is 21.4. The van der Waals surface area contributed by atoms with Crippen LogP contribution in [0.15, 0.2) is 9.59 Å². The fraction of sp³-hybridized carbons (Fsp3) is 0.714.